The molecule has 4 atom stereocenters. The summed E-state index contributed by atoms with van der Waals surface area (Å²) < 4.78 is 7.53. The van der Waals surface area contributed by atoms with Gasteiger partial charge in [0.05, 0.1) is 11.7 Å². The Labute approximate surface area is 145 Å². The molecule has 0 aliphatic heterocycles. The van der Waals surface area contributed by atoms with Gasteiger partial charge in [0.2, 0.25) is 0 Å². The number of ether oxygens (including phenoxy) is 1. The van der Waals surface area contributed by atoms with Gasteiger partial charge in [-0.3, -0.25) is 0 Å². The summed E-state index contributed by atoms with van der Waals surface area (Å²) in [5, 5.41) is 22.2. The van der Waals surface area contributed by atoms with Crippen LogP contribution in [0.2, 0.25) is 0 Å². The quantitative estimate of drug-likeness (QED) is 0.654. The van der Waals surface area contributed by atoms with Gasteiger partial charge in [-0.15, -0.1) is 0 Å². The molecule has 0 spiro atoms. The minimum Gasteiger partial charge on any atom is -0.488 e. The first kappa shape index (κ1) is 17.0. The highest BCUT2D eigenvalue weighted by Gasteiger charge is 2.44. The molecule has 6 nitrogen and oxygen atoms in total. The summed E-state index contributed by atoms with van der Waals surface area (Å²) in [6, 6.07) is 1.57. The molecule has 0 amide bonds. The van der Waals surface area contributed by atoms with E-state index >= 15 is 0 Å². The lowest BCUT2D eigenvalue weighted by molar-refractivity contribution is -0.0336. The van der Waals surface area contributed by atoms with Crippen molar-refractivity contribution in [1.82, 2.24) is 14.5 Å². The molecule has 1 aliphatic rings. The van der Waals surface area contributed by atoms with Crippen LogP contribution in [0.25, 0.3) is 11.0 Å². The van der Waals surface area contributed by atoms with Crippen LogP contribution < -0.4 is 0 Å². The second-order valence-corrected chi connectivity index (χ2v) is 6.65. The maximum Gasteiger partial charge on any atom is 0.143 e. The molecule has 0 bridgehead atoms. The molecule has 24 heavy (non-hydrogen) atoms. The van der Waals surface area contributed by atoms with Crippen molar-refractivity contribution in [3.8, 4) is 0 Å². The van der Waals surface area contributed by atoms with E-state index in [0.717, 1.165) is 16.7 Å². The van der Waals surface area contributed by atoms with Gasteiger partial charge in [-0.05, 0) is 26.0 Å². The van der Waals surface area contributed by atoms with Gasteiger partial charge >= 0.3 is 0 Å². The number of aliphatic hydroxyl groups is 2. The molecule has 1 aliphatic carbocycles. The van der Waals surface area contributed by atoms with E-state index in [4.69, 9.17) is 16.3 Å². The molecule has 128 valence electrons. The van der Waals surface area contributed by atoms with E-state index < -0.39 is 18.3 Å². The molecule has 2 heterocycles. The van der Waals surface area contributed by atoms with Gasteiger partial charge in [0.15, 0.2) is 0 Å². The van der Waals surface area contributed by atoms with Gasteiger partial charge < -0.3 is 19.5 Å². The van der Waals surface area contributed by atoms with E-state index in [9.17, 15) is 10.2 Å². The zero-order valence-electron chi connectivity index (χ0n) is 13.6. The summed E-state index contributed by atoms with van der Waals surface area (Å²) in [7, 11) is 0. The van der Waals surface area contributed by atoms with Crippen LogP contribution in [0.15, 0.2) is 42.0 Å². The average Bonchev–Trinajstić information content (AvgIpc) is 3.04. The first-order chi connectivity index (χ1) is 11.4. The Bertz CT molecular complexity index is 797. The number of halogens is 1. The molecule has 7 heteroatoms. The predicted octanol–water partition coefficient (Wildman–Crippen LogP) is 2.45. The summed E-state index contributed by atoms with van der Waals surface area (Å²) in [6.07, 6.45) is 2.82. The molecule has 0 aromatic carbocycles. The lowest BCUT2D eigenvalue weighted by Gasteiger charge is -2.19. The first-order valence-corrected chi connectivity index (χ1v) is 8.10. The largest absolute Gasteiger partial charge is 0.488 e. The Morgan fingerprint density at radius 1 is 1.42 bits per heavy atom. The highest BCUT2D eigenvalue weighted by molar-refractivity contribution is 6.29. The number of aryl methyl sites for hydroxylation is 1. The maximum atomic E-state index is 10.5. The normalized spacial score (nSPS) is 27.6. The van der Waals surface area contributed by atoms with Gasteiger partial charge in [-0.25, -0.2) is 9.97 Å². The number of hydrogen-bond acceptors (Lipinski definition) is 5. The van der Waals surface area contributed by atoms with Crippen molar-refractivity contribution in [2.24, 2.45) is 0 Å². The Morgan fingerprint density at radius 2 is 2.17 bits per heavy atom. The first-order valence-electron chi connectivity index (χ1n) is 7.72. The molecular weight excluding hydrogens is 330 g/mol. The van der Waals surface area contributed by atoms with Crippen LogP contribution in [0, 0.1) is 6.92 Å². The molecule has 1 saturated carbocycles. The van der Waals surface area contributed by atoms with Crippen LogP contribution in [0.4, 0.5) is 0 Å². The van der Waals surface area contributed by atoms with Crippen molar-refractivity contribution in [1.29, 1.82) is 0 Å². The van der Waals surface area contributed by atoms with Gasteiger partial charge in [0, 0.05) is 23.0 Å². The minimum atomic E-state index is -1.02. The van der Waals surface area contributed by atoms with Gasteiger partial charge in [0.25, 0.3) is 0 Å². The third-order valence-electron chi connectivity index (χ3n) is 4.33. The van der Waals surface area contributed by atoms with E-state index in [1.54, 1.807) is 13.0 Å². The summed E-state index contributed by atoms with van der Waals surface area (Å²) in [5.74, 6) is 0.356. The molecule has 1 fully saturated rings. The van der Waals surface area contributed by atoms with Crippen LogP contribution in [-0.4, -0.2) is 43.1 Å². The standard InChI is InChI=1S/C17H20ClN3O3/c1-9(18)6-10(2)24-14-7-13(15(22)16(14)23)21-5-4-12-11(3)19-8-20-17(12)21/h4-6,8,13-16,22-23H,2,7H2,1,3H3/b9-6+/t13-,14+,15+,16-/m1/s1. The van der Waals surface area contributed by atoms with E-state index in [0.29, 0.717) is 17.2 Å². The van der Waals surface area contributed by atoms with E-state index in [2.05, 4.69) is 16.5 Å². The van der Waals surface area contributed by atoms with Crippen LogP contribution >= 0.6 is 11.6 Å². The van der Waals surface area contributed by atoms with Crippen molar-refractivity contribution in [3.63, 3.8) is 0 Å². The summed E-state index contributed by atoms with van der Waals surface area (Å²) in [6.45, 7) is 7.39. The Hall–Kier alpha value is -1.89. The zero-order valence-corrected chi connectivity index (χ0v) is 14.3. The minimum absolute atomic E-state index is 0.342. The fourth-order valence-corrected chi connectivity index (χ4v) is 3.30. The van der Waals surface area contributed by atoms with Crippen LogP contribution in [0.1, 0.15) is 25.1 Å². The molecule has 3 rings (SSSR count). The third kappa shape index (κ3) is 3.05. The zero-order chi connectivity index (χ0) is 17.4. The molecule has 2 aromatic heterocycles. The van der Waals surface area contributed by atoms with Gasteiger partial charge in [-0.2, -0.15) is 0 Å². The molecule has 0 unspecified atom stereocenters. The monoisotopic (exact) mass is 349 g/mol. The Kier molecular flexibility index (Phi) is 4.62. The number of hydrogen-bond donors (Lipinski definition) is 2. The van der Waals surface area contributed by atoms with E-state index in [-0.39, 0.29) is 6.04 Å². The summed E-state index contributed by atoms with van der Waals surface area (Å²) in [5.41, 5.74) is 1.60. The van der Waals surface area contributed by atoms with Gasteiger partial charge in [0.1, 0.15) is 36.0 Å². The topological polar surface area (TPSA) is 80.4 Å². The summed E-state index contributed by atoms with van der Waals surface area (Å²) in [4.78, 5) is 8.48. The second kappa shape index (κ2) is 6.55. The second-order valence-electron chi connectivity index (χ2n) is 6.06. The van der Waals surface area contributed by atoms with Crippen molar-refractivity contribution >= 4 is 22.6 Å². The Balaban J connectivity index is 1.85. The lowest BCUT2D eigenvalue weighted by Crippen LogP contribution is -2.32. The van der Waals surface area contributed by atoms with Crippen molar-refractivity contribution in [2.45, 2.75) is 44.6 Å². The molecular formula is C17H20ClN3O3. The number of allylic oxidation sites excluding steroid dienone is 2. The van der Waals surface area contributed by atoms with E-state index in [1.807, 2.05) is 23.8 Å². The summed E-state index contributed by atoms with van der Waals surface area (Å²) >= 11 is 5.80. The average molecular weight is 350 g/mol. The van der Waals surface area contributed by atoms with Gasteiger partial charge in [-0.1, -0.05) is 18.2 Å². The molecule has 2 N–H and O–H groups in total. The molecule has 0 saturated heterocycles. The number of aliphatic hydroxyl groups excluding tert-OH is 2. The SMILES string of the molecule is C=C(/C=C(\C)Cl)O[C@H]1C[C@@H](n2ccc3c(C)ncnc32)[C@H](O)[C@@H]1O. The van der Waals surface area contributed by atoms with Crippen molar-refractivity contribution in [2.75, 3.05) is 0 Å². The van der Waals surface area contributed by atoms with Crippen LogP contribution in [-0.2, 0) is 4.74 Å². The highest BCUT2D eigenvalue weighted by Crippen LogP contribution is 2.36. The predicted molar refractivity (Wildman–Crippen MR) is 91.6 cm³/mol. The van der Waals surface area contributed by atoms with Crippen LogP contribution in [0.3, 0.4) is 0 Å². The number of nitrogens with zero attached hydrogens (tertiary/aromatic N) is 3. The fourth-order valence-electron chi connectivity index (χ4n) is 3.18. The number of aromatic nitrogens is 3. The maximum absolute atomic E-state index is 10.5. The smallest absolute Gasteiger partial charge is 0.143 e. The fraction of sp³-hybridized carbons (Fsp3) is 0.412. The number of rotatable bonds is 4. The van der Waals surface area contributed by atoms with Crippen LogP contribution in [0.5, 0.6) is 0 Å². The number of fused-ring (bicyclic) bond motifs is 1. The van der Waals surface area contributed by atoms with E-state index in [1.165, 1.54) is 6.33 Å². The molecule has 0 radical (unpaired) electrons. The van der Waals surface area contributed by atoms with Crippen molar-refractivity contribution < 1.29 is 14.9 Å². The third-order valence-corrected chi connectivity index (χ3v) is 4.44. The molecule has 2 aromatic rings. The van der Waals surface area contributed by atoms with Crippen molar-refractivity contribution in [3.05, 3.63) is 47.7 Å². The lowest BCUT2D eigenvalue weighted by atomic mass is 10.2. The Morgan fingerprint density at radius 3 is 2.88 bits per heavy atom. The highest BCUT2D eigenvalue weighted by atomic mass is 35.5.